The highest BCUT2D eigenvalue weighted by Crippen LogP contribution is 2.36. The van der Waals surface area contributed by atoms with Crippen molar-refractivity contribution in [3.8, 4) is 11.5 Å². The van der Waals surface area contributed by atoms with Gasteiger partial charge in [-0.1, -0.05) is 48.0 Å². The molecule has 0 unspecified atom stereocenters. The van der Waals surface area contributed by atoms with Crippen LogP contribution in [0.1, 0.15) is 19.4 Å². The molecule has 1 heterocycles. The molecule has 0 bridgehead atoms. The minimum atomic E-state index is -0.465. The van der Waals surface area contributed by atoms with E-state index in [0.29, 0.717) is 46.7 Å². The highest BCUT2D eigenvalue weighted by molar-refractivity contribution is 6.46. The van der Waals surface area contributed by atoms with Crippen LogP contribution in [0.5, 0.6) is 11.5 Å². The van der Waals surface area contributed by atoms with Crippen molar-refractivity contribution in [2.24, 2.45) is 0 Å². The van der Waals surface area contributed by atoms with Gasteiger partial charge in [-0.25, -0.2) is 4.90 Å². The maximum Gasteiger partial charge on any atom is 0.282 e. The van der Waals surface area contributed by atoms with Gasteiger partial charge in [-0.3, -0.25) is 9.59 Å². The van der Waals surface area contributed by atoms with Crippen LogP contribution in [0.2, 0.25) is 5.02 Å². The van der Waals surface area contributed by atoms with E-state index < -0.39 is 11.8 Å². The van der Waals surface area contributed by atoms with Gasteiger partial charge in [-0.2, -0.15) is 0 Å². The molecule has 0 aromatic heterocycles. The Labute approximate surface area is 197 Å². The topological polar surface area (TPSA) is 67.9 Å². The number of nitrogens with zero attached hydrogens (tertiary/aromatic N) is 1. The van der Waals surface area contributed by atoms with Crippen molar-refractivity contribution >= 4 is 40.4 Å². The van der Waals surface area contributed by atoms with Gasteiger partial charge in [0, 0.05) is 16.8 Å². The molecule has 0 aliphatic carbocycles. The summed E-state index contributed by atoms with van der Waals surface area (Å²) in [6.45, 7) is 4.74. The number of ether oxygens (including phenoxy) is 2. The molecule has 3 aromatic rings. The first kappa shape index (κ1) is 22.4. The van der Waals surface area contributed by atoms with E-state index in [1.807, 2.05) is 32.0 Å². The van der Waals surface area contributed by atoms with Crippen LogP contribution in [-0.4, -0.2) is 25.0 Å². The fraction of sp³-hybridized carbons (Fsp3) is 0.154. The Morgan fingerprint density at radius 3 is 2.24 bits per heavy atom. The second-order valence-electron chi connectivity index (χ2n) is 7.19. The second-order valence-corrected chi connectivity index (χ2v) is 7.63. The fourth-order valence-corrected chi connectivity index (χ4v) is 3.83. The number of benzene rings is 3. The van der Waals surface area contributed by atoms with Gasteiger partial charge in [0.05, 0.1) is 24.5 Å². The minimum absolute atomic E-state index is 0.179. The van der Waals surface area contributed by atoms with Crippen LogP contribution in [0, 0.1) is 0 Å². The van der Waals surface area contributed by atoms with Crippen LogP contribution in [0.15, 0.2) is 78.5 Å². The lowest BCUT2D eigenvalue weighted by Gasteiger charge is -2.16. The lowest BCUT2D eigenvalue weighted by molar-refractivity contribution is -0.120. The van der Waals surface area contributed by atoms with Crippen LogP contribution in [-0.2, 0) is 9.59 Å². The van der Waals surface area contributed by atoms with E-state index in [9.17, 15) is 9.59 Å². The van der Waals surface area contributed by atoms with Crippen molar-refractivity contribution in [1.82, 2.24) is 0 Å². The molecule has 3 aromatic carbocycles. The van der Waals surface area contributed by atoms with Crippen molar-refractivity contribution in [1.29, 1.82) is 0 Å². The lowest BCUT2D eigenvalue weighted by atomic mass is 10.0. The molecule has 1 N–H and O–H groups in total. The number of hydrogen-bond acceptors (Lipinski definition) is 5. The molecule has 1 aliphatic rings. The molecule has 0 radical (unpaired) electrons. The Hall–Kier alpha value is -3.77. The molecule has 1 aliphatic heterocycles. The number of hydrogen-bond donors (Lipinski definition) is 1. The summed E-state index contributed by atoms with van der Waals surface area (Å²) in [6.07, 6.45) is 0. The molecule has 7 heteroatoms. The van der Waals surface area contributed by atoms with Gasteiger partial charge in [0.15, 0.2) is 11.5 Å². The predicted octanol–water partition coefficient (Wildman–Crippen LogP) is 5.53. The Bertz CT molecular complexity index is 1220. The van der Waals surface area contributed by atoms with Crippen molar-refractivity contribution in [2.45, 2.75) is 13.8 Å². The number of anilines is 2. The zero-order chi connectivity index (χ0) is 23.4. The highest BCUT2D eigenvalue weighted by Gasteiger charge is 2.40. The van der Waals surface area contributed by atoms with Gasteiger partial charge in [-0.15, -0.1) is 0 Å². The summed E-state index contributed by atoms with van der Waals surface area (Å²) in [4.78, 5) is 28.1. The average Bonchev–Trinajstić information content (AvgIpc) is 3.05. The average molecular weight is 463 g/mol. The van der Waals surface area contributed by atoms with Gasteiger partial charge >= 0.3 is 0 Å². The Kier molecular flexibility index (Phi) is 6.66. The fourth-order valence-electron chi connectivity index (χ4n) is 3.64. The number of carbonyl (C=O) groups excluding carboxylic acids is 2. The Balaban J connectivity index is 1.78. The smallest absolute Gasteiger partial charge is 0.282 e. The third-order valence-electron chi connectivity index (χ3n) is 5.03. The standard InChI is InChI=1S/C26H23ClN2O4/c1-3-32-21-14-13-19(16-22(21)33-4-2)28-24-23(17-9-6-5-7-10-17)25(30)29(26(24)31)20-12-8-11-18(27)15-20/h5-16,28H,3-4H2,1-2H3. The highest BCUT2D eigenvalue weighted by atomic mass is 35.5. The number of nitrogens with one attached hydrogen (secondary N) is 1. The molecule has 4 rings (SSSR count). The third kappa shape index (κ3) is 4.56. The minimum Gasteiger partial charge on any atom is -0.490 e. The zero-order valence-corrected chi connectivity index (χ0v) is 19.1. The summed E-state index contributed by atoms with van der Waals surface area (Å²) in [6, 6.07) is 21.1. The van der Waals surface area contributed by atoms with E-state index in [4.69, 9.17) is 21.1 Å². The molecule has 33 heavy (non-hydrogen) atoms. The quantitative estimate of drug-likeness (QED) is 0.445. The number of carbonyl (C=O) groups is 2. The third-order valence-corrected chi connectivity index (χ3v) is 5.26. The monoisotopic (exact) mass is 462 g/mol. The van der Waals surface area contributed by atoms with Crippen LogP contribution in [0.3, 0.4) is 0 Å². The van der Waals surface area contributed by atoms with Crippen molar-refractivity contribution < 1.29 is 19.1 Å². The van der Waals surface area contributed by atoms with Crippen LogP contribution in [0.4, 0.5) is 11.4 Å². The number of halogens is 1. The molecule has 0 fully saturated rings. The normalized spacial score (nSPS) is 13.5. The summed E-state index contributed by atoms with van der Waals surface area (Å²) in [7, 11) is 0. The molecule has 0 spiro atoms. The number of amides is 2. The Morgan fingerprint density at radius 1 is 0.818 bits per heavy atom. The molecular weight excluding hydrogens is 440 g/mol. The van der Waals surface area contributed by atoms with Gasteiger partial charge < -0.3 is 14.8 Å². The van der Waals surface area contributed by atoms with Crippen LogP contribution in [0.25, 0.3) is 5.57 Å². The molecule has 6 nitrogen and oxygen atoms in total. The predicted molar refractivity (Wildman–Crippen MR) is 130 cm³/mol. The van der Waals surface area contributed by atoms with Gasteiger partial charge in [0.1, 0.15) is 5.70 Å². The van der Waals surface area contributed by atoms with Gasteiger partial charge in [0.2, 0.25) is 0 Å². The summed E-state index contributed by atoms with van der Waals surface area (Å²) in [5, 5.41) is 3.59. The van der Waals surface area contributed by atoms with E-state index in [1.165, 1.54) is 0 Å². The summed E-state index contributed by atoms with van der Waals surface area (Å²) < 4.78 is 11.3. The van der Waals surface area contributed by atoms with E-state index >= 15 is 0 Å². The first-order chi connectivity index (χ1) is 16.0. The van der Waals surface area contributed by atoms with Crippen molar-refractivity contribution in [3.05, 3.63) is 89.1 Å². The zero-order valence-electron chi connectivity index (χ0n) is 18.3. The van der Waals surface area contributed by atoms with E-state index in [2.05, 4.69) is 5.32 Å². The number of rotatable bonds is 8. The van der Waals surface area contributed by atoms with Crippen LogP contribution >= 0.6 is 11.6 Å². The molecular formula is C26H23ClN2O4. The maximum absolute atomic E-state index is 13.5. The molecule has 0 saturated heterocycles. The van der Waals surface area contributed by atoms with Crippen molar-refractivity contribution in [2.75, 3.05) is 23.4 Å². The second kappa shape index (κ2) is 9.79. The van der Waals surface area contributed by atoms with E-state index in [-0.39, 0.29) is 11.3 Å². The molecule has 0 atom stereocenters. The van der Waals surface area contributed by atoms with Gasteiger partial charge in [0.25, 0.3) is 11.8 Å². The van der Waals surface area contributed by atoms with Crippen LogP contribution < -0.4 is 19.7 Å². The number of imide groups is 1. The molecule has 168 valence electrons. The van der Waals surface area contributed by atoms with E-state index in [1.54, 1.807) is 54.6 Å². The Morgan fingerprint density at radius 2 is 1.55 bits per heavy atom. The largest absolute Gasteiger partial charge is 0.490 e. The van der Waals surface area contributed by atoms with Gasteiger partial charge in [-0.05, 0) is 49.7 Å². The van der Waals surface area contributed by atoms with Crippen molar-refractivity contribution in [3.63, 3.8) is 0 Å². The molecule has 2 amide bonds. The van der Waals surface area contributed by atoms with E-state index in [0.717, 1.165) is 4.90 Å². The summed E-state index contributed by atoms with van der Waals surface area (Å²) in [5.41, 5.74) is 2.10. The SMILES string of the molecule is CCOc1ccc(NC2=C(c3ccccc3)C(=O)N(c3cccc(Cl)c3)C2=O)cc1OCC. The lowest BCUT2D eigenvalue weighted by Crippen LogP contribution is -2.32. The summed E-state index contributed by atoms with van der Waals surface area (Å²) in [5.74, 6) is 0.270. The maximum atomic E-state index is 13.5. The first-order valence-electron chi connectivity index (χ1n) is 10.6. The molecule has 0 saturated carbocycles. The first-order valence-corrected chi connectivity index (χ1v) is 11.0. The summed E-state index contributed by atoms with van der Waals surface area (Å²) >= 11 is 6.12.